The van der Waals surface area contributed by atoms with Gasteiger partial charge >= 0.3 is 5.97 Å². The molecule has 178 valence electrons. The fourth-order valence-electron chi connectivity index (χ4n) is 4.75. The summed E-state index contributed by atoms with van der Waals surface area (Å²) in [6, 6.07) is 20.6. The van der Waals surface area contributed by atoms with Gasteiger partial charge in [0, 0.05) is 27.5 Å². The molecule has 0 bridgehead atoms. The Morgan fingerprint density at radius 3 is 2.41 bits per heavy atom. The lowest BCUT2D eigenvalue weighted by Crippen LogP contribution is -2.26. The summed E-state index contributed by atoms with van der Waals surface area (Å²) in [5.74, 6) is -0.602. The highest BCUT2D eigenvalue weighted by Gasteiger charge is 2.27. The third-order valence-electron chi connectivity index (χ3n) is 6.56. The molecule has 1 aromatic heterocycles. The average Bonchev–Trinajstić information content (AvgIpc) is 3.25. The molecule has 1 fully saturated rings. The summed E-state index contributed by atoms with van der Waals surface area (Å²) in [5, 5.41) is 15.2. The van der Waals surface area contributed by atoms with Crippen molar-refractivity contribution in [1.29, 1.82) is 0 Å². The van der Waals surface area contributed by atoms with Crippen LogP contribution in [0.2, 0.25) is 0 Å². The number of aryl methyl sites for hydroxylation is 1. The fourth-order valence-corrected chi connectivity index (χ4v) is 5.82. The maximum atomic E-state index is 12.3. The molecule has 3 N–H and O–H groups in total. The van der Waals surface area contributed by atoms with Gasteiger partial charge in [0.25, 0.3) is 5.91 Å². The van der Waals surface area contributed by atoms with Crippen molar-refractivity contribution in [3.05, 3.63) is 76.7 Å². The molecular formula is C28H32N2O3S. The minimum absolute atomic E-state index is 0.0839. The zero-order valence-electron chi connectivity index (χ0n) is 19.5. The molecule has 1 unspecified atom stereocenters. The molecule has 0 spiro atoms. The van der Waals surface area contributed by atoms with Crippen LogP contribution in [0.5, 0.6) is 0 Å². The van der Waals surface area contributed by atoms with Crippen LogP contribution < -0.4 is 10.6 Å². The lowest BCUT2D eigenvalue weighted by atomic mass is 9.81. The number of hydrogen-bond acceptors (Lipinski definition) is 4. The van der Waals surface area contributed by atoms with Crippen molar-refractivity contribution >= 4 is 28.9 Å². The van der Waals surface area contributed by atoms with E-state index in [2.05, 4.69) is 47.9 Å². The molecular weight excluding hydrogens is 444 g/mol. The molecule has 1 aliphatic carbocycles. The zero-order chi connectivity index (χ0) is 23.9. The number of anilines is 1. The Bertz CT molecular complexity index is 1100. The molecule has 5 nitrogen and oxygen atoms in total. The Hall–Kier alpha value is -3.12. The van der Waals surface area contributed by atoms with Gasteiger partial charge in [-0.3, -0.25) is 9.59 Å². The number of carboxylic acids is 1. The predicted octanol–water partition coefficient (Wildman–Crippen LogP) is 6.66. The summed E-state index contributed by atoms with van der Waals surface area (Å²) in [6.07, 6.45) is 6.21. The lowest BCUT2D eigenvalue weighted by molar-refractivity contribution is -0.136. The summed E-state index contributed by atoms with van der Waals surface area (Å²) in [5.41, 5.74) is 4.14. The Balaban J connectivity index is 1.53. The first-order valence-electron chi connectivity index (χ1n) is 12.0. The van der Waals surface area contributed by atoms with Crippen LogP contribution in [0.15, 0.2) is 60.7 Å². The summed E-state index contributed by atoms with van der Waals surface area (Å²) in [4.78, 5) is 25.6. The first kappa shape index (κ1) is 24.0. The van der Waals surface area contributed by atoms with E-state index in [0.717, 1.165) is 5.69 Å². The van der Waals surface area contributed by atoms with Crippen molar-refractivity contribution < 1.29 is 14.7 Å². The van der Waals surface area contributed by atoms with Gasteiger partial charge in [0.15, 0.2) is 0 Å². The van der Waals surface area contributed by atoms with Gasteiger partial charge in [-0.25, -0.2) is 0 Å². The molecule has 0 saturated heterocycles. The van der Waals surface area contributed by atoms with E-state index >= 15 is 0 Å². The number of carbonyl (C=O) groups is 2. The Morgan fingerprint density at radius 2 is 1.74 bits per heavy atom. The first-order valence-corrected chi connectivity index (χ1v) is 12.9. The quantitative estimate of drug-likeness (QED) is 0.323. The van der Waals surface area contributed by atoms with Crippen LogP contribution in [-0.2, 0) is 4.79 Å². The Labute approximate surface area is 205 Å². The topological polar surface area (TPSA) is 78.4 Å². The van der Waals surface area contributed by atoms with E-state index in [1.807, 2.05) is 29.5 Å². The third kappa shape index (κ3) is 6.06. The fraction of sp³-hybridized carbons (Fsp3) is 0.357. The van der Waals surface area contributed by atoms with E-state index < -0.39 is 5.97 Å². The van der Waals surface area contributed by atoms with Crippen LogP contribution in [-0.4, -0.2) is 23.5 Å². The molecule has 1 aliphatic rings. The van der Waals surface area contributed by atoms with E-state index in [1.54, 1.807) is 12.1 Å². The normalized spacial score (nSPS) is 15.0. The largest absolute Gasteiger partial charge is 0.481 e. The Kier molecular flexibility index (Phi) is 8.01. The standard InChI is InChI=1S/C28H32N2O3S/c1-19-24(18-25(34-19)20-8-4-2-5-9-20)27(21-10-6-3-7-11-21)30-23-14-12-22(13-15-23)28(33)29-17-16-26(31)32/h2,4-5,8-9,12-15,18,21,27,30H,3,6-7,10-11,16-17H2,1H3,(H,29,33)(H,31,32). The van der Waals surface area contributed by atoms with E-state index in [9.17, 15) is 9.59 Å². The SMILES string of the molecule is Cc1sc(-c2ccccc2)cc1C(Nc1ccc(C(=O)NCCC(=O)O)cc1)C1CCCCC1. The number of amides is 1. The van der Waals surface area contributed by atoms with E-state index in [4.69, 9.17) is 5.11 Å². The van der Waals surface area contributed by atoms with Crippen molar-refractivity contribution in [3.8, 4) is 10.4 Å². The highest BCUT2D eigenvalue weighted by Crippen LogP contribution is 2.42. The number of aliphatic carboxylic acids is 1. The molecule has 1 heterocycles. The smallest absolute Gasteiger partial charge is 0.305 e. The van der Waals surface area contributed by atoms with Gasteiger partial charge in [-0.05, 0) is 67.1 Å². The minimum Gasteiger partial charge on any atom is -0.481 e. The molecule has 2 aromatic carbocycles. The van der Waals surface area contributed by atoms with Crippen molar-refractivity contribution in [2.24, 2.45) is 5.92 Å². The van der Waals surface area contributed by atoms with Gasteiger partial charge in [0.2, 0.25) is 0 Å². The van der Waals surface area contributed by atoms with Crippen LogP contribution in [0.3, 0.4) is 0 Å². The monoisotopic (exact) mass is 476 g/mol. The van der Waals surface area contributed by atoms with Crippen molar-refractivity contribution in [2.45, 2.75) is 51.5 Å². The van der Waals surface area contributed by atoms with Crippen molar-refractivity contribution in [2.75, 3.05) is 11.9 Å². The van der Waals surface area contributed by atoms with Crippen LogP contribution in [0.1, 0.15) is 65.4 Å². The van der Waals surface area contributed by atoms with Gasteiger partial charge in [-0.1, -0.05) is 49.6 Å². The van der Waals surface area contributed by atoms with Gasteiger partial charge < -0.3 is 15.7 Å². The highest BCUT2D eigenvalue weighted by atomic mass is 32.1. The van der Waals surface area contributed by atoms with Gasteiger partial charge in [-0.2, -0.15) is 0 Å². The molecule has 0 aliphatic heterocycles. The summed E-state index contributed by atoms with van der Waals surface area (Å²) in [6.45, 7) is 2.34. The van der Waals surface area contributed by atoms with Crippen LogP contribution in [0, 0.1) is 12.8 Å². The van der Waals surface area contributed by atoms with E-state index in [0.29, 0.717) is 11.5 Å². The second-order valence-corrected chi connectivity index (χ2v) is 10.2. The molecule has 3 aromatic rings. The summed E-state index contributed by atoms with van der Waals surface area (Å²) < 4.78 is 0. The van der Waals surface area contributed by atoms with Crippen LogP contribution in [0.4, 0.5) is 5.69 Å². The van der Waals surface area contributed by atoms with E-state index in [1.165, 1.54) is 53.0 Å². The Morgan fingerprint density at radius 1 is 1.03 bits per heavy atom. The molecule has 4 rings (SSSR count). The maximum absolute atomic E-state index is 12.3. The van der Waals surface area contributed by atoms with Gasteiger partial charge in [-0.15, -0.1) is 11.3 Å². The number of carbonyl (C=O) groups excluding carboxylic acids is 1. The second-order valence-electron chi connectivity index (χ2n) is 8.99. The number of nitrogens with one attached hydrogen (secondary N) is 2. The van der Waals surface area contributed by atoms with Gasteiger partial charge in [0.05, 0.1) is 12.5 Å². The molecule has 6 heteroatoms. The van der Waals surface area contributed by atoms with Crippen LogP contribution >= 0.6 is 11.3 Å². The van der Waals surface area contributed by atoms with Crippen LogP contribution in [0.25, 0.3) is 10.4 Å². The number of benzene rings is 2. The number of carboxylic acid groups (broad SMARTS) is 1. The van der Waals surface area contributed by atoms with Crippen molar-refractivity contribution in [3.63, 3.8) is 0 Å². The highest BCUT2D eigenvalue weighted by molar-refractivity contribution is 7.15. The average molecular weight is 477 g/mol. The number of hydrogen-bond donors (Lipinski definition) is 3. The third-order valence-corrected chi connectivity index (χ3v) is 7.68. The second kappa shape index (κ2) is 11.3. The van der Waals surface area contributed by atoms with E-state index in [-0.39, 0.29) is 24.9 Å². The number of thiophene rings is 1. The first-order chi connectivity index (χ1) is 16.5. The predicted molar refractivity (Wildman–Crippen MR) is 138 cm³/mol. The summed E-state index contributed by atoms with van der Waals surface area (Å²) in [7, 11) is 0. The molecule has 1 atom stereocenters. The minimum atomic E-state index is -0.923. The lowest BCUT2D eigenvalue weighted by Gasteiger charge is -2.32. The molecule has 1 amide bonds. The molecule has 1 saturated carbocycles. The summed E-state index contributed by atoms with van der Waals surface area (Å²) >= 11 is 1.85. The van der Waals surface area contributed by atoms with Crippen molar-refractivity contribution in [1.82, 2.24) is 5.32 Å². The molecule has 0 radical (unpaired) electrons. The zero-order valence-corrected chi connectivity index (χ0v) is 20.4. The molecule has 34 heavy (non-hydrogen) atoms. The number of rotatable bonds is 9. The van der Waals surface area contributed by atoms with Gasteiger partial charge in [0.1, 0.15) is 0 Å². The maximum Gasteiger partial charge on any atom is 0.305 e.